The van der Waals surface area contributed by atoms with Crippen LogP contribution in [0.3, 0.4) is 0 Å². The first kappa shape index (κ1) is 17.7. The van der Waals surface area contributed by atoms with Gasteiger partial charge in [0.1, 0.15) is 17.3 Å². The summed E-state index contributed by atoms with van der Waals surface area (Å²) in [7, 11) is 1.61. The van der Waals surface area contributed by atoms with E-state index in [1.54, 1.807) is 16.9 Å². The Bertz CT molecular complexity index is 768. The summed E-state index contributed by atoms with van der Waals surface area (Å²) >= 11 is 0. The van der Waals surface area contributed by atoms with Gasteiger partial charge in [0.25, 0.3) is 5.91 Å². The number of carbonyl (C=O) groups is 2. The summed E-state index contributed by atoms with van der Waals surface area (Å²) in [4.78, 5) is 35.8. The van der Waals surface area contributed by atoms with Crippen LogP contribution in [-0.2, 0) is 4.79 Å². The molecule has 136 valence electrons. The molecule has 0 radical (unpaired) electrons. The Morgan fingerprint density at radius 1 is 1.00 bits per heavy atom. The van der Waals surface area contributed by atoms with Crippen molar-refractivity contribution in [2.75, 3.05) is 38.6 Å². The number of nitrogens with one attached hydrogen (secondary N) is 1. The van der Waals surface area contributed by atoms with E-state index < -0.39 is 0 Å². The molecule has 0 saturated carbocycles. The van der Waals surface area contributed by atoms with Gasteiger partial charge in [-0.15, -0.1) is 0 Å². The van der Waals surface area contributed by atoms with E-state index in [1.165, 1.54) is 19.3 Å². The van der Waals surface area contributed by atoms with Crippen LogP contribution in [0.25, 0.3) is 0 Å². The number of ether oxygens (including phenoxy) is 1. The van der Waals surface area contributed by atoms with Gasteiger partial charge >= 0.3 is 0 Å². The van der Waals surface area contributed by atoms with Crippen LogP contribution < -0.4 is 10.1 Å². The molecule has 1 N–H and O–H groups in total. The fraction of sp³-hybridized carbons (Fsp3) is 0.333. The van der Waals surface area contributed by atoms with E-state index in [2.05, 4.69) is 15.3 Å². The van der Waals surface area contributed by atoms with Crippen molar-refractivity contribution in [2.24, 2.45) is 0 Å². The molecule has 1 aliphatic heterocycles. The standard InChI is InChI=1S/C18H21N5O3/c1-13(24)22-7-9-23(10-8-22)18(25)16-11-20-17(12-19-16)21-14-3-5-15(26-2)6-4-14/h3-6,11-12H,7-10H2,1-2H3,(H,20,21). The average Bonchev–Trinajstić information content (AvgIpc) is 2.69. The number of amides is 2. The highest BCUT2D eigenvalue weighted by Gasteiger charge is 2.24. The lowest BCUT2D eigenvalue weighted by Gasteiger charge is -2.33. The van der Waals surface area contributed by atoms with E-state index in [1.807, 2.05) is 24.3 Å². The van der Waals surface area contributed by atoms with Crippen LogP contribution in [0.15, 0.2) is 36.7 Å². The van der Waals surface area contributed by atoms with Crippen LogP contribution in [0.4, 0.5) is 11.5 Å². The molecule has 1 saturated heterocycles. The maximum atomic E-state index is 12.5. The summed E-state index contributed by atoms with van der Waals surface area (Å²) in [5.74, 6) is 1.18. The molecule has 0 bridgehead atoms. The SMILES string of the molecule is COc1ccc(Nc2cnc(C(=O)N3CCN(C(C)=O)CC3)cn2)cc1. The first-order valence-corrected chi connectivity index (χ1v) is 8.35. The molecule has 2 heterocycles. The minimum absolute atomic E-state index is 0.0332. The topological polar surface area (TPSA) is 87.7 Å². The lowest BCUT2D eigenvalue weighted by Crippen LogP contribution is -2.50. The zero-order valence-electron chi connectivity index (χ0n) is 14.8. The second kappa shape index (κ2) is 7.81. The molecule has 26 heavy (non-hydrogen) atoms. The van der Waals surface area contributed by atoms with E-state index in [-0.39, 0.29) is 11.8 Å². The van der Waals surface area contributed by atoms with Gasteiger partial charge in [-0.05, 0) is 24.3 Å². The molecule has 8 nitrogen and oxygen atoms in total. The molecule has 0 aliphatic carbocycles. The van der Waals surface area contributed by atoms with Gasteiger partial charge in [0.2, 0.25) is 5.91 Å². The van der Waals surface area contributed by atoms with Gasteiger partial charge in [-0.25, -0.2) is 9.97 Å². The Balaban J connectivity index is 1.60. The summed E-state index contributed by atoms with van der Waals surface area (Å²) in [5.41, 5.74) is 1.14. The molecule has 0 unspecified atom stereocenters. The summed E-state index contributed by atoms with van der Waals surface area (Å²) in [6.07, 6.45) is 2.99. The first-order chi connectivity index (χ1) is 12.6. The number of anilines is 2. The van der Waals surface area contributed by atoms with E-state index >= 15 is 0 Å². The number of benzene rings is 1. The van der Waals surface area contributed by atoms with Crippen molar-refractivity contribution in [3.63, 3.8) is 0 Å². The molecular formula is C18H21N5O3. The zero-order valence-corrected chi connectivity index (χ0v) is 14.8. The summed E-state index contributed by atoms with van der Waals surface area (Å²) < 4.78 is 5.12. The van der Waals surface area contributed by atoms with E-state index in [0.29, 0.717) is 37.7 Å². The highest BCUT2D eigenvalue weighted by molar-refractivity contribution is 5.92. The lowest BCUT2D eigenvalue weighted by molar-refractivity contribution is -0.130. The fourth-order valence-corrected chi connectivity index (χ4v) is 2.71. The summed E-state index contributed by atoms with van der Waals surface area (Å²) in [6.45, 7) is 3.65. The van der Waals surface area contributed by atoms with Crippen molar-refractivity contribution >= 4 is 23.3 Å². The van der Waals surface area contributed by atoms with Crippen LogP contribution in [0.1, 0.15) is 17.4 Å². The van der Waals surface area contributed by atoms with Gasteiger partial charge in [0.15, 0.2) is 0 Å². The third-order valence-corrected chi connectivity index (χ3v) is 4.25. The largest absolute Gasteiger partial charge is 0.497 e. The molecule has 2 amide bonds. The monoisotopic (exact) mass is 355 g/mol. The maximum absolute atomic E-state index is 12.5. The Morgan fingerprint density at radius 3 is 2.19 bits per heavy atom. The molecule has 2 aromatic rings. The second-order valence-electron chi connectivity index (χ2n) is 5.94. The van der Waals surface area contributed by atoms with Crippen LogP contribution in [0, 0.1) is 0 Å². The molecule has 1 fully saturated rings. The van der Waals surface area contributed by atoms with E-state index in [0.717, 1.165) is 11.4 Å². The van der Waals surface area contributed by atoms with Gasteiger partial charge in [0.05, 0.1) is 19.5 Å². The van der Waals surface area contributed by atoms with Gasteiger partial charge in [-0.1, -0.05) is 0 Å². The lowest BCUT2D eigenvalue weighted by atomic mass is 10.2. The Kier molecular flexibility index (Phi) is 5.31. The highest BCUT2D eigenvalue weighted by Crippen LogP contribution is 2.18. The molecule has 1 aliphatic rings. The van der Waals surface area contributed by atoms with E-state index in [4.69, 9.17) is 4.74 Å². The van der Waals surface area contributed by atoms with Crippen molar-refractivity contribution in [3.05, 3.63) is 42.4 Å². The summed E-state index contributed by atoms with van der Waals surface area (Å²) in [6, 6.07) is 7.42. The minimum atomic E-state index is -0.170. The number of rotatable bonds is 4. The van der Waals surface area contributed by atoms with Crippen molar-refractivity contribution in [1.29, 1.82) is 0 Å². The third kappa shape index (κ3) is 4.08. The number of aromatic nitrogens is 2. The Morgan fingerprint density at radius 2 is 1.65 bits per heavy atom. The maximum Gasteiger partial charge on any atom is 0.274 e. The number of hydrogen-bond donors (Lipinski definition) is 1. The number of nitrogens with zero attached hydrogens (tertiary/aromatic N) is 4. The predicted molar refractivity (Wildman–Crippen MR) is 96.5 cm³/mol. The molecule has 0 atom stereocenters. The number of piperazine rings is 1. The molecule has 1 aromatic heterocycles. The highest BCUT2D eigenvalue weighted by atomic mass is 16.5. The van der Waals surface area contributed by atoms with Crippen molar-refractivity contribution in [2.45, 2.75) is 6.92 Å². The quantitative estimate of drug-likeness (QED) is 0.895. The van der Waals surface area contributed by atoms with Crippen molar-refractivity contribution in [1.82, 2.24) is 19.8 Å². The first-order valence-electron chi connectivity index (χ1n) is 8.35. The average molecular weight is 355 g/mol. The minimum Gasteiger partial charge on any atom is -0.497 e. The predicted octanol–water partition coefficient (Wildman–Crippen LogP) is 1.53. The second-order valence-corrected chi connectivity index (χ2v) is 5.94. The molecule has 8 heteroatoms. The van der Waals surface area contributed by atoms with Crippen LogP contribution in [0.5, 0.6) is 5.75 Å². The van der Waals surface area contributed by atoms with Gasteiger partial charge in [-0.2, -0.15) is 0 Å². The Labute approximate surface area is 151 Å². The Hall–Kier alpha value is -3.16. The number of methoxy groups -OCH3 is 1. The smallest absolute Gasteiger partial charge is 0.274 e. The number of carbonyl (C=O) groups excluding carboxylic acids is 2. The normalized spacial score (nSPS) is 14.1. The molecular weight excluding hydrogens is 334 g/mol. The van der Waals surface area contributed by atoms with Crippen molar-refractivity contribution < 1.29 is 14.3 Å². The van der Waals surface area contributed by atoms with Gasteiger partial charge in [-0.3, -0.25) is 9.59 Å². The van der Waals surface area contributed by atoms with Gasteiger partial charge in [0, 0.05) is 38.8 Å². The van der Waals surface area contributed by atoms with Crippen LogP contribution >= 0.6 is 0 Å². The third-order valence-electron chi connectivity index (χ3n) is 4.25. The molecule has 3 rings (SSSR count). The van der Waals surface area contributed by atoms with Crippen molar-refractivity contribution in [3.8, 4) is 5.75 Å². The number of hydrogen-bond acceptors (Lipinski definition) is 6. The van der Waals surface area contributed by atoms with Crippen LogP contribution in [-0.4, -0.2) is 64.9 Å². The zero-order chi connectivity index (χ0) is 18.5. The fourth-order valence-electron chi connectivity index (χ4n) is 2.71. The van der Waals surface area contributed by atoms with Gasteiger partial charge < -0.3 is 19.9 Å². The summed E-state index contributed by atoms with van der Waals surface area (Å²) in [5, 5.41) is 3.12. The van der Waals surface area contributed by atoms with Crippen LogP contribution in [0.2, 0.25) is 0 Å². The van der Waals surface area contributed by atoms with E-state index in [9.17, 15) is 9.59 Å². The molecule has 1 aromatic carbocycles. The molecule has 0 spiro atoms.